The van der Waals surface area contributed by atoms with Gasteiger partial charge in [0.25, 0.3) is 0 Å². The lowest BCUT2D eigenvalue weighted by atomic mass is 9.93. The van der Waals surface area contributed by atoms with Gasteiger partial charge in [0.15, 0.2) is 11.6 Å². The fourth-order valence-electron chi connectivity index (χ4n) is 1.97. The Kier molecular flexibility index (Phi) is 5.11. The van der Waals surface area contributed by atoms with Crippen molar-refractivity contribution in [2.75, 3.05) is 5.33 Å². The molecule has 2 rings (SSSR count). The third-order valence-electron chi connectivity index (χ3n) is 3.03. The molecule has 1 unspecified atom stereocenters. The minimum atomic E-state index is -0.790. The van der Waals surface area contributed by atoms with Crippen molar-refractivity contribution in [3.8, 4) is 0 Å². The highest BCUT2D eigenvalue weighted by atomic mass is 79.9. The number of halogens is 4. The summed E-state index contributed by atoms with van der Waals surface area (Å²) in [7, 11) is 0. The van der Waals surface area contributed by atoms with Crippen LogP contribution in [0.3, 0.4) is 0 Å². The predicted octanol–water partition coefficient (Wildman–Crippen LogP) is 5.45. The first-order valence-electron chi connectivity index (χ1n) is 5.86. The molecule has 2 aromatic carbocycles. The Morgan fingerprint density at radius 2 is 1.68 bits per heavy atom. The fourth-order valence-corrected chi connectivity index (χ4v) is 2.84. The molecule has 0 N–H and O–H groups in total. The van der Waals surface area contributed by atoms with Crippen molar-refractivity contribution in [1.29, 1.82) is 0 Å². The zero-order chi connectivity index (χ0) is 13.8. The second kappa shape index (κ2) is 6.62. The molecule has 0 fully saturated rings. The topological polar surface area (TPSA) is 0 Å². The lowest BCUT2D eigenvalue weighted by Crippen LogP contribution is -2.06. The van der Waals surface area contributed by atoms with E-state index in [-0.39, 0.29) is 5.92 Å². The maximum Gasteiger partial charge on any atom is 0.162 e. The van der Waals surface area contributed by atoms with Crippen LogP contribution in [0, 0.1) is 11.6 Å². The van der Waals surface area contributed by atoms with Gasteiger partial charge in [-0.1, -0.05) is 56.1 Å². The highest BCUT2D eigenvalue weighted by Crippen LogP contribution is 2.26. The summed E-state index contributed by atoms with van der Waals surface area (Å²) in [5, 5.41) is 0.699. The van der Waals surface area contributed by atoms with Gasteiger partial charge in [-0.15, -0.1) is 0 Å². The smallest absolute Gasteiger partial charge is 0.162 e. The third kappa shape index (κ3) is 3.63. The SMILES string of the molecule is Fc1cccc(CC(CBr)c2ccc(Br)cc2)c1F. The molecule has 0 aliphatic heterocycles. The average molecular weight is 390 g/mol. The van der Waals surface area contributed by atoms with Gasteiger partial charge in [-0.2, -0.15) is 0 Å². The molecular weight excluding hydrogens is 378 g/mol. The zero-order valence-electron chi connectivity index (χ0n) is 10.0. The third-order valence-corrected chi connectivity index (χ3v) is 4.34. The van der Waals surface area contributed by atoms with Gasteiger partial charge in [-0.25, -0.2) is 8.78 Å². The van der Waals surface area contributed by atoms with Crippen molar-refractivity contribution in [3.05, 3.63) is 69.7 Å². The summed E-state index contributed by atoms with van der Waals surface area (Å²) in [6, 6.07) is 12.2. The van der Waals surface area contributed by atoms with Crippen LogP contribution in [0.4, 0.5) is 8.78 Å². The van der Waals surface area contributed by atoms with Crippen LogP contribution < -0.4 is 0 Å². The molecule has 0 aromatic heterocycles. The van der Waals surface area contributed by atoms with E-state index in [0.29, 0.717) is 17.3 Å². The maximum atomic E-state index is 13.7. The molecule has 0 aliphatic rings. The van der Waals surface area contributed by atoms with Crippen LogP contribution >= 0.6 is 31.9 Å². The Morgan fingerprint density at radius 1 is 1.00 bits per heavy atom. The Hall–Kier alpha value is -0.740. The predicted molar refractivity (Wildman–Crippen MR) is 80.7 cm³/mol. The van der Waals surface area contributed by atoms with Gasteiger partial charge in [0.2, 0.25) is 0 Å². The molecule has 0 aliphatic carbocycles. The molecule has 1 atom stereocenters. The molecule has 0 saturated heterocycles. The van der Waals surface area contributed by atoms with E-state index < -0.39 is 11.6 Å². The highest BCUT2D eigenvalue weighted by molar-refractivity contribution is 9.10. The van der Waals surface area contributed by atoms with E-state index in [4.69, 9.17) is 0 Å². The van der Waals surface area contributed by atoms with Crippen molar-refractivity contribution in [1.82, 2.24) is 0 Å². The normalized spacial score (nSPS) is 12.4. The van der Waals surface area contributed by atoms with Crippen LogP contribution in [0.15, 0.2) is 46.9 Å². The lowest BCUT2D eigenvalue weighted by molar-refractivity contribution is 0.495. The average Bonchev–Trinajstić information content (AvgIpc) is 2.42. The number of alkyl halides is 1. The summed E-state index contributed by atoms with van der Waals surface area (Å²) in [5.41, 5.74) is 1.51. The standard InChI is InChI=1S/C15H12Br2F2/c16-9-12(10-4-6-13(17)7-5-10)8-11-2-1-3-14(18)15(11)19/h1-7,12H,8-9H2. The van der Waals surface area contributed by atoms with E-state index in [0.717, 1.165) is 16.1 Å². The first-order valence-corrected chi connectivity index (χ1v) is 7.77. The van der Waals surface area contributed by atoms with Gasteiger partial charge in [0.1, 0.15) is 0 Å². The van der Waals surface area contributed by atoms with Gasteiger partial charge in [-0.3, -0.25) is 0 Å². The molecule has 0 spiro atoms. The largest absolute Gasteiger partial charge is 0.204 e. The molecule has 0 saturated carbocycles. The summed E-state index contributed by atoms with van der Waals surface area (Å²) < 4.78 is 27.9. The van der Waals surface area contributed by atoms with E-state index >= 15 is 0 Å². The van der Waals surface area contributed by atoms with Crippen LogP contribution in [0.1, 0.15) is 17.0 Å². The summed E-state index contributed by atoms with van der Waals surface area (Å²) >= 11 is 6.83. The van der Waals surface area contributed by atoms with Crippen LogP contribution in [0.2, 0.25) is 0 Å². The van der Waals surface area contributed by atoms with E-state index in [2.05, 4.69) is 31.9 Å². The minimum Gasteiger partial charge on any atom is -0.204 e. The van der Waals surface area contributed by atoms with E-state index in [1.165, 1.54) is 0 Å². The van der Waals surface area contributed by atoms with E-state index in [1.54, 1.807) is 12.1 Å². The summed E-state index contributed by atoms with van der Waals surface area (Å²) in [6.07, 6.45) is 0.469. The van der Waals surface area contributed by atoms with Crippen molar-refractivity contribution in [2.45, 2.75) is 12.3 Å². The molecule has 2 aromatic rings. The number of benzene rings is 2. The van der Waals surface area contributed by atoms with Crippen LogP contribution in [-0.4, -0.2) is 5.33 Å². The second-order valence-electron chi connectivity index (χ2n) is 4.32. The second-order valence-corrected chi connectivity index (χ2v) is 5.88. The first-order chi connectivity index (χ1) is 9.11. The van der Waals surface area contributed by atoms with Gasteiger partial charge < -0.3 is 0 Å². The Labute approximate surface area is 128 Å². The first kappa shape index (κ1) is 14.7. The zero-order valence-corrected chi connectivity index (χ0v) is 13.2. The number of hydrogen-bond acceptors (Lipinski definition) is 0. The molecule has 0 heterocycles. The van der Waals surface area contributed by atoms with Gasteiger partial charge >= 0.3 is 0 Å². The molecule has 0 nitrogen and oxygen atoms in total. The summed E-state index contributed by atoms with van der Waals surface area (Å²) in [5.74, 6) is -1.42. The van der Waals surface area contributed by atoms with Crippen LogP contribution in [0.5, 0.6) is 0 Å². The van der Waals surface area contributed by atoms with Crippen molar-refractivity contribution < 1.29 is 8.78 Å². The van der Waals surface area contributed by atoms with Crippen LogP contribution in [-0.2, 0) is 6.42 Å². The number of rotatable bonds is 4. The van der Waals surface area contributed by atoms with Gasteiger partial charge in [0, 0.05) is 9.80 Å². The molecule has 0 bridgehead atoms. The Morgan fingerprint density at radius 3 is 2.32 bits per heavy atom. The maximum absolute atomic E-state index is 13.7. The molecular formula is C15H12Br2F2. The highest BCUT2D eigenvalue weighted by Gasteiger charge is 2.15. The minimum absolute atomic E-state index is 0.115. The Balaban J connectivity index is 2.24. The van der Waals surface area contributed by atoms with Crippen molar-refractivity contribution >= 4 is 31.9 Å². The van der Waals surface area contributed by atoms with Gasteiger partial charge in [0.05, 0.1) is 0 Å². The Bertz CT molecular complexity index is 553. The van der Waals surface area contributed by atoms with Crippen molar-refractivity contribution in [3.63, 3.8) is 0 Å². The summed E-state index contributed by atoms with van der Waals surface area (Å²) in [6.45, 7) is 0. The van der Waals surface area contributed by atoms with E-state index in [1.807, 2.05) is 24.3 Å². The number of hydrogen-bond donors (Lipinski definition) is 0. The molecule has 4 heteroatoms. The molecule has 100 valence electrons. The van der Waals surface area contributed by atoms with E-state index in [9.17, 15) is 8.78 Å². The quantitative estimate of drug-likeness (QED) is 0.610. The summed E-state index contributed by atoms with van der Waals surface area (Å²) in [4.78, 5) is 0. The monoisotopic (exact) mass is 388 g/mol. The van der Waals surface area contributed by atoms with Crippen molar-refractivity contribution in [2.24, 2.45) is 0 Å². The molecule has 19 heavy (non-hydrogen) atoms. The fraction of sp³-hybridized carbons (Fsp3) is 0.200. The molecule has 0 radical (unpaired) electrons. The van der Waals surface area contributed by atoms with Gasteiger partial charge in [-0.05, 0) is 41.7 Å². The van der Waals surface area contributed by atoms with Crippen LogP contribution in [0.25, 0.3) is 0 Å². The molecule has 0 amide bonds. The lowest BCUT2D eigenvalue weighted by Gasteiger charge is -2.15.